The van der Waals surface area contributed by atoms with Crippen LogP contribution in [0, 0.1) is 18.2 Å². The van der Waals surface area contributed by atoms with E-state index in [0.717, 1.165) is 6.42 Å². The maximum absolute atomic E-state index is 13.4. The summed E-state index contributed by atoms with van der Waals surface area (Å²) < 4.78 is 15.0. The summed E-state index contributed by atoms with van der Waals surface area (Å²) in [6.45, 7) is 2.36. The van der Waals surface area contributed by atoms with Gasteiger partial charge in [0.05, 0.1) is 21.8 Å². The zero-order valence-electron chi connectivity index (χ0n) is 17.6. The first kappa shape index (κ1) is 20.9. The van der Waals surface area contributed by atoms with Crippen molar-refractivity contribution < 1.29 is 14.0 Å². The minimum Gasteiger partial charge on any atom is -0.349 e. The van der Waals surface area contributed by atoms with Crippen molar-refractivity contribution in [2.75, 3.05) is 11.4 Å². The number of fused-ring (bicyclic) bond motifs is 1. The van der Waals surface area contributed by atoms with Crippen molar-refractivity contribution in [1.82, 2.24) is 19.9 Å². The standard InChI is InChI=1S/C23H23ClFN5O2/c1-14-19(20-26-10-2-11-30(20)28-14)21(31)27-16-5-7-23(8-6-16)9-12-29(22(23)32)18-4-3-15(25)13-17(18)24/h2-4,10-11,13,16H,5-9,12H2,1H3,(H,27,31)/t16-,23-. The van der Waals surface area contributed by atoms with Gasteiger partial charge in [-0.25, -0.2) is 13.9 Å². The molecule has 1 aliphatic carbocycles. The van der Waals surface area contributed by atoms with Crippen molar-refractivity contribution in [3.63, 3.8) is 0 Å². The van der Waals surface area contributed by atoms with Crippen molar-refractivity contribution in [1.29, 1.82) is 0 Å². The van der Waals surface area contributed by atoms with Crippen LogP contribution in [0.15, 0.2) is 36.7 Å². The number of halogens is 2. The molecular weight excluding hydrogens is 433 g/mol. The fraction of sp³-hybridized carbons (Fsp3) is 0.391. The molecule has 1 aliphatic heterocycles. The summed E-state index contributed by atoms with van der Waals surface area (Å²) >= 11 is 6.19. The van der Waals surface area contributed by atoms with Gasteiger partial charge in [0.25, 0.3) is 5.91 Å². The Morgan fingerprint density at radius 1 is 1.28 bits per heavy atom. The lowest BCUT2D eigenvalue weighted by molar-refractivity contribution is -0.127. The largest absolute Gasteiger partial charge is 0.349 e. The summed E-state index contributed by atoms with van der Waals surface area (Å²) in [6.07, 6.45) is 6.96. The molecule has 0 atom stereocenters. The third-order valence-electron chi connectivity index (χ3n) is 6.79. The van der Waals surface area contributed by atoms with Crippen LogP contribution < -0.4 is 10.2 Å². The van der Waals surface area contributed by atoms with Crippen LogP contribution in [-0.4, -0.2) is 39.0 Å². The summed E-state index contributed by atoms with van der Waals surface area (Å²) in [5.74, 6) is -0.568. The van der Waals surface area contributed by atoms with Gasteiger partial charge in [-0.05, 0) is 63.3 Å². The normalized spacial score (nSPS) is 23.3. The van der Waals surface area contributed by atoms with Crippen LogP contribution in [0.4, 0.5) is 10.1 Å². The van der Waals surface area contributed by atoms with Gasteiger partial charge >= 0.3 is 0 Å². The van der Waals surface area contributed by atoms with Gasteiger partial charge in [0.1, 0.15) is 11.4 Å². The Kier molecular flexibility index (Phi) is 5.12. The number of anilines is 1. The monoisotopic (exact) mass is 455 g/mol. The van der Waals surface area contributed by atoms with E-state index in [2.05, 4.69) is 15.4 Å². The number of hydrogen-bond acceptors (Lipinski definition) is 4. The summed E-state index contributed by atoms with van der Waals surface area (Å²) in [5, 5.41) is 7.71. The third-order valence-corrected chi connectivity index (χ3v) is 7.09. The number of rotatable bonds is 3. The van der Waals surface area contributed by atoms with Crippen LogP contribution in [0.3, 0.4) is 0 Å². The van der Waals surface area contributed by atoms with Gasteiger partial charge in [0.2, 0.25) is 5.91 Å². The number of aryl methyl sites for hydroxylation is 1. The van der Waals surface area contributed by atoms with Crippen molar-refractivity contribution in [3.8, 4) is 0 Å². The van der Waals surface area contributed by atoms with Gasteiger partial charge < -0.3 is 10.2 Å². The quantitative estimate of drug-likeness (QED) is 0.649. The van der Waals surface area contributed by atoms with Crippen molar-refractivity contribution in [2.45, 2.75) is 45.1 Å². The Labute approximate surface area is 189 Å². The zero-order valence-corrected chi connectivity index (χ0v) is 18.4. The summed E-state index contributed by atoms with van der Waals surface area (Å²) in [6, 6.07) is 5.88. The van der Waals surface area contributed by atoms with Gasteiger partial charge in [-0.15, -0.1) is 0 Å². The Bertz CT molecular complexity index is 1220. The number of carbonyl (C=O) groups is 2. The molecule has 166 valence electrons. The molecule has 2 aromatic heterocycles. The lowest BCUT2D eigenvalue weighted by Gasteiger charge is -2.36. The summed E-state index contributed by atoms with van der Waals surface area (Å²) in [4.78, 5) is 32.2. The second kappa shape index (κ2) is 7.85. The molecule has 3 heterocycles. The fourth-order valence-electron chi connectivity index (χ4n) is 5.05. The number of amides is 2. The number of carbonyl (C=O) groups excluding carboxylic acids is 2. The average Bonchev–Trinajstić information content (AvgIpc) is 3.27. The van der Waals surface area contributed by atoms with Crippen LogP contribution in [0.2, 0.25) is 5.02 Å². The predicted octanol–water partition coefficient (Wildman–Crippen LogP) is 3.93. The molecule has 0 unspecified atom stereocenters. The number of benzene rings is 1. The minimum absolute atomic E-state index is 0.0116. The van der Waals surface area contributed by atoms with Gasteiger partial charge in [-0.2, -0.15) is 5.10 Å². The highest BCUT2D eigenvalue weighted by molar-refractivity contribution is 6.34. The highest BCUT2D eigenvalue weighted by Gasteiger charge is 2.49. The Hall–Kier alpha value is -3.00. The Balaban J connectivity index is 1.26. The van der Waals surface area contributed by atoms with Gasteiger partial charge in [0.15, 0.2) is 5.65 Å². The van der Waals surface area contributed by atoms with E-state index in [4.69, 9.17) is 11.6 Å². The van der Waals surface area contributed by atoms with Crippen molar-refractivity contribution in [2.24, 2.45) is 5.41 Å². The molecule has 3 aromatic rings. The van der Waals surface area contributed by atoms with E-state index in [9.17, 15) is 14.0 Å². The molecule has 1 N–H and O–H groups in total. The molecule has 2 aliphatic rings. The molecule has 2 amide bonds. The molecule has 1 saturated carbocycles. The van der Waals surface area contributed by atoms with Crippen LogP contribution in [0.5, 0.6) is 0 Å². The molecule has 1 spiro atoms. The van der Waals surface area contributed by atoms with Gasteiger partial charge in [-0.1, -0.05) is 11.6 Å². The molecule has 1 aromatic carbocycles. The van der Waals surface area contributed by atoms with Crippen LogP contribution in [-0.2, 0) is 4.79 Å². The molecule has 9 heteroatoms. The zero-order chi connectivity index (χ0) is 22.5. The van der Waals surface area contributed by atoms with E-state index in [1.165, 1.54) is 12.1 Å². The summed E-state index contributed by atoms with van der Waals surface area (Å²) in [5.41, 5.74) is 1.76. The first-order valence-electron chi connectivity index (χ1n) is 10.8. The molecule has 0 bridgehead atoms. The van der Waals surface area contributed by atoms with E-state index in [0.29, 0.717) is 54.8 Å². The SMILES string of the molecule is Cc1nn2cccnc2c1C(=O)N[C@H]1CC[C@@]2(CCN(c3ccc(F)cc3Cl)C2=O)CC1. The third kappa shape index (κ3) is 3.43. The highest BCUT2D eigenvalue weighted by atomic mass is 35.5. The second-order valence-corrected chi connectivity index (χ2v) is 9.09. The number of hydrogen-bond donors (Lipinski definition) is 1. The van der Waals surface area contributed by atoms with Crippen LogP contribution >= 0.6 is 11.6 Å². The van der Waals surface area contributed by atoms with E-state index < -0.39 is 11.2 Å². The maximum Gasteiger partial charge on any atom is 0.257 e. The molecule has 0 radical (unpaired) electrons. The van der Waals surface area contributed by atoms with E-state index in [-0.39, 0.29) is 22.9 Å². The molecule has 32 heavy (non-hydrogen) atoms. The lowest BCUT2D eigenvalue weighted by Crippen LogP contribution is -2.44. The predicted molar refractivity (Wildman–Crippen MR) is 118 cm³/mol. The lowest BCUT2D eigenvalue weighted by atomic mass is 9.71. The van der Waals surface area contributed by atoms with Crippen LogP contribution in [0.25, 0.3) is 5.65 Å². The molecular formula is C23H23ClFN5O2. The first-order chi connectivity index (χ1) is 15.4. The Morgan fingerprint density at radius 3 is 2.81 bits per heavy atom. The molecule has 1 saturated heterocycles. The highest BCUT2D eigenvalue weighted by Crippen LogP contribution is 2.47. The van der Waals surface area contributed by atoms with Crippen molar-refractivity contribution in [3.05, 3.63) is 58.8 Å². The van der Waals surface area contributed by atoms with E-state index in [1.54, 1.807) is 40.9 Å². The number of nitrogens with zero attached hydrogens (tertiary/aromatic N) is 4. The number of aromatic nitrogens is 3. The van der Waals surface area contributed by atoms with Crippen LogP contribution in [0.1, 0.15) is 48.2 Å². The molecule has 2 fully saturated rings. The maximum atomic E-state index is 13.4. The topological polar surface area (TPSA) is 79.6 Å². The summed E-state index contributed by atoms with van der Waals surface area (Å²) in [7, 11) is 0. The molecule has 5 rings (SSSR count). The van der Waals surface area contributed by atoms with Gasteiger partial charge in [-0.3, -0.25) is 9.59 Å². The second-order valence-electron chi connectivity index (χ2n) is 8.68. The minimum atomic E-state index is -0.444. The fourth-order valence-corrected chi connectivity index (χ4v) is 5.32. The van der Waals surface area contributed by atoms with Gasteiger partial charge in [0, 0.05) is 25.0 Å². The van der Waals surface area contributed by atoms with E-state index >= 15 is 0 Å². The number of nitrogens with one attached hydrogen (secondary N) is 1. The van der Waals surface area contributed by atoms with Crippen molar-refractivity contribution >= 4 is 34.7 Å². The smallest absolute Gasteiger partial charge is 0.257 e. The Morgan fingerprint density at radius 2 is 2.06 bits per heavy atom. The molecule has 7 nitrogen and oxygen atoms in total. The van der Waals surface area contributed by atoms with E-state index in [1.807, 2.05) is 0 Å². The first-order valence-corrected chi connectivity index (χ1v) is 11.1. The average molecular weight is 456 g/mol.